The largest absolute Gasteiger partial charge is 0.472 e. The fourth-order valence-electron chi connectivity index (χ4n) is 8.89. The van der Waals surface area contributed by atoms with Crippen LogP contribution in [0.4, 0.5) is 0 Å². The minimum absolute atomic E-state index is 0.0260. The van der Waals surface area contributed by atoms with Crippen molar-refractivity contribution >= 4 is 19.8 Å². The van der Waals surface area contributed by atoms with Crippen LogP contribution in [0.25, 0.3) is 0 Å². The van der Waals surface area contributed by atoms with E-state index in [0.717, 1.165) is 96.3 Å². The molecule has 0 aliphatic carbocycles. The number of carbonyl (C=O) groups is 2. The fraction of sp³-hybridized carbons (Fsp3) is 0.694. The summed E-state index contributed by atoms with van der Waals surface area (Å²) in [4.78, 5) is 35.8. The molecule has 82 heavy (non-hydrogen) atoms. The van der Waals surface area contributed by atoms with E-state index >= 15 is 0 Å². The average Bonchev–Trinajstić information content (AvgIpc) is 3.46. The van der Waals surface area contributed by atoms with E-state index in [1.807, 2.05) is 21.1 Å². The number of allylic oxidation sites excluding steroid dienone is 20. The molecule has 0 radical (unpaired) electrons. The first-order valence-electron chi connectivity index (χ1n) is 33.3. The molecular weight excluding hydrogens is 1040 g/mol. The zero-order chi connectivity index (χ0) is 59.8. The van der Waals surface area contributed by atoms with Gasteiger partial charge in [0.2, 0.25) is 0 Å². The summed E-state index contributed by atoms with van der Waals surface area (Å²) in [5.74, 6) is -0.804. The monoisotopic (exact) mass is 1160 g/mol. The second-order valence-electron chi connectivity index (χ2n) is 23.1. The second-order valence-corrected chi connectivity index (χ2v) is 24.6. The van der Waals surface area contributed by atoms with Gasteiger partial charge in [-0.3, -0.25) is 18.6 Å². The lowest BCUT2D eigenvalue weighted by Crippen LogP contribution is -2.37. The third-order valence-electron chi connectivity index (χ3n) is 14.0. The third-order valence-corrected chi connectivity index (χ3v) is 15.0. The first kappa shape index (κ1) is 78.4. The summed E-state index contributed by atoms with van der Waals surface area (Å²) >= 11 is 0. The van der Waals surface area contributed by atoms with E-state index < -0.39 is 26.5 Å². The summed E-state index contributed by atoms with van der Waals surface area (Å²) in [6.45, 7) is 4.31. The van der Waals surface area contributed by atoms with Crippen LogP contribution in [0.3, 0.4) is 0 Å². The summed E-state index contributed by atoms with van der Waals surface area (Å²) in [6.07, 6.45) is 88.5. The van der Waals surface area contributed by atoms with Gasteiger partial charge in [-0.25, -0.2) is 4.57 Å². The number of hydrogen-bond acceptors (Lipinski definition) is 7. The standard InChI is InChI=1S/C72H124NO8P/c1-6-8-10-12-14-16-18-20-22-24-26-28-29-30-31-32-33-34-35-36-37-38-39-40-41-42-43-45-47-49-51-53-55-57-59-61-63-65-72(75)81-70(69-80-82(76,77)79-67-66-73(3,4)5)68-78-71(74)64-62-60-58-56-54-52-50-48-46-44-27-25-23-21-19-17-15-13-11-9-7-2/h8,10,14,16,19-22,25-28,30-31,33-34,36-37,39-40,70H,6-7,9,11-13,15,17-18,23-24,29,32,35,38,41-69H2,1-5H3/p+1/b10-8-,16-14-,21-19-,22-20-,27-25-,28-26-,31-30-,34-33-,37-36-,40-39-. The van der Waals surface area contributed by atoms with Gasteiger partial charge >= 0.3 is 19.8 Å². The van der Waals surface area contributed by atoms with Gasteiger partial charge in [0.25, 0.3) is 0 Å². The maximum atomic E-state index is 12.9. The number of unbranched alkanes of at least 4 members (excludes halogenated alkanes) is 26. The Balaban J connectivity index is 4.10. The maximum Gasteiger partial charge on any atom is 0.472 e. The number of carbonyl (C=O) groups excluding carboxylic acids is 2. The Kier molecular flexibility index (Phi) is 59.2. The van der Waals surface area contributed by atoms with E-state index in [9.17, 15) is 19.0 Å². The number of esters is 2. The predicted octanol–water partition coefficient (Wildman–Crippen LogP) is 21.5. The molecule has 0 fully saturated rings. The lowest BCUT2D eigenvalue weighted by Gasteiger charge is -2.24. The van der Waals surface area contributed by atoms with E-state index in [-0.39, 0.29) is 32.0 Å². The SMILES string of the molecule is CC/C=C\C/C=C\C/C=C\C/C=C\C/C=C\C/C=C\C/C=C\C/C=C\CCCCCCCCCCCCCCC(=O)OC(COC(=O)CCCCCCCCCCC/C=C\C/C=C\CCCCCCC)COP(=O)(O)OCC[N+](C)(C)C. The van der Waals surface area contributed by atoms with Crippen LogP contribution in [-0.4, -0.2) is 74.9 Å². The highest BCUT2D eigenvalue weighted by atomic mass is 31.2. The van der Waals surface area contributed by atoms with Gasteiger partial charge in [-0.05, 0) is 109 Å². The van der Waals surface area contributed by atoms with Gasteiger partial charge in [0, 0.05) is 12.8 Å². The van der Waals surface area contributed by atoms with Gasteiger partial charge in [0.1, 0.15) is 19.8 Å². The average molecular weight is 1160 g/mol. The zero-order valence-corrected chi connectivity index (χ0v) is 54.3. The third kappa shape index (κ3) is 65.6. The maximum absolute atomic E-state index is 12.9. The zero-order valence-electron chi connectivity index (χ0n) is 53.4. The molecule has 2 atom stereocenters. The van der Waals surface area contributed by atoms with E-state index in [1.165, 1.54) is 141 Å². The number of phosphoric acid groups is 1. The van der Waals surface area contributed by atoms with Crippen molar-refractivity contribution in [1.82, 2.24) is 0 Å². The smallest absolute Gasteiger partial charge is 0.462 e. The van der Waals surface area contributed by atoms with Crippen molar-refractivity contribution in [2.24, 2.45) is 0 Å². The predicted molar refractivity (Wildman–Crippen MR) is 353 cm³/mol. The summed E-state index contributed by atoms with van der Waals surface area (Å²) in [6, 6.07) is 0. The van der Waals surface area contributed by atoms with Crippen LogP contribution >= 0.6 is 7.82 Å². The summed E-state index contributed by atoms with van der Waals surface area (Å²) < 4.78 is 34.7. The van der Waals surface area contributed by atoms with Crippen molar-refractivity contribution in [1.29, 1.82) is 0 Å². The first-order chi connectivity index (χ1) is 40.0. The Hall–Kier alpha value is -3.59. The summed E-state index contributed by atoms with van der Waals surface area (Å²) in [7, 11) is 1.47. The molecule has 0 saturated heterocycles. The molecule has 2 unspecified atom stereocenters. The molecule has 0 rings (SSSR count). The van der Waals surface area contributed by atoms with Crippen LogP contribution in [0.15, 0.2) is 122 Å². The number of likely N-dealkylation sites (N-methyl/N-ethyl adjacent to an activating group) is 1. The van der Waals surface area contributed by atoms with Crippen LogP contribution in [-0.2, 0) is 32.7 Å². The normalized spacial score (nSPS) is 14.0. The fourth-order valence-corrected chi connectivity index (χ4v) is 9.63. The van der Waals surface area contributed by atoms with E-state index in [0.29, 0.717) is 17.4 Å². The van der Waals surface area contributed by atoms with Crippen molar-refractivity contribution in [2.45, 2.75) is 277 Å². The molecule has 0 heterocycles. The molecule has 0 spiro atoms. The molecule has 0 aromatic carbocycles. The van der Waals surface area contributed by atoms with Crippen LogP contribution in [0.1, 0.15) is 271 Å². The van der Waals surface area contributed by atoms with Crippen molar-refractivity contribution in [3.05, 3.63) is 122 Å². The number of quaternary nitrogens is 1. The molecule has 10 heteroatoms. The molecule has 9 nitrogen and oxygen atoms in total. The topological polar surface area (TPSA) is 108 Å². The molecule has 0 amide bonds. The molecule has 0 aliphatic rings. The van der Waals surface area contributed by atoms with Gasteiger partial charge < -0.3 is 18.9 Å². The van der Waals surface area contributed by atoms with Crippen LogP contribution in [0.5, 0.6) is 0 Å². The van der Waals surface area contributed by atoms with E-state index in [4.69, 9.17) is 18.5 Å². The molecule has 0 saturated carbocycles. The molecule has 0 bridgehead atoms. The Labute approximate surface area is 505 Å². The second kappa shape index (κ2) is 62.0. The molecule has 470 valence electrons. The van der Waals surface area contributed by atoms with Crippen LogP contribution < -0.4 is 0 Å². The Morgan fingerprint density at radius 1 is 0.390 bits per heavy atom. The van der Waals surface area contributed by atoms with Crippen molar-refractivity contribution in [3.63, 3.8) is 0 Å². The Bertz CT molecular complexity index is 1800. The number of rotatable bonds is 60. The van der Waals surface area contributed by atoms with E-state index in [2.05, 4.69) is 135 Å². The van der Waals surface area contributed by atoms with Crippen LogP contribution in [0, 0.1) is 0 Å². The lowest BCUT2D eigenvalue weighted by atomic mass is 10.0. The highest BCUT2D eigenvalue weighted by Crippen LogP contribution is 2.43. The van der Waals surface area contributed by atoms with Crippen LogP contribution in [0.2, 0.25) is 0 Å². The molecule has 1 N–H and O–H groups in total. The minimum atomic E-state index is -4.40. The Morgan fingerprint density at radius 3 is 1.04 bits per heavy atom. The highest BCUT2D eigenvalue weighted by molar-refractivity contribution is 7.47. The van der Waals surface area contributed by atoms with Crippen molar-refractivity contribution < 1.29 is 42.1 Å². The molecule has 0 aliphatic heterocycles. The summed E-state index contributed by atoms with van der Waals surface area (Å²) in [5.41, 5.74) is 0. The number of nitrogens with zero attached hydrogens (tertiary/aromatic N) is 1. The molecule has 0 aromatic heterocycles. The van der Waals surface area contributed by atoms with Gasteiger partial charge in [-0.2, -0.15) is 0 Å². The van der Waals surface area contributed by atoms with Crippen molar-refractivity contribution in [2.75, 3.05) is 47.5 Å². The minimum Gasteiger partial charge on any atom is -0.462 e. The first-order valence-corrected chi connectivity index (χ1v) is 34.8. The van der Waals surface area contributed by atoms with Gasteiger partial charge in [0.05, 0.1) is 27.7 Å². The Morgan fingerprint density at radius 2 is 0.695 bits per heavy atom. The number of hydrogen-bond donors (Lipinski definition) is 1. The lowest BCUT2D eigenvalue weighted by molar-refractivity contribution is -0.870. The van der Waals surface area contributed by atoms with Gasteiger partial charge in [0.15, 0.2) is 6.10 Å². The van der Waals surface area contributed by atoms with Gasteiger partial charge in [-0.15, -0.1) is 0 Å². The molecular formula is C72H125NO8P+. The molecule has 0 aromatic rings. The highest BCUT2D eigenvalue weighted by Gasteiger charge is 2.27. The quantitative estimate of drug-likeness (QED) is 0.0211. The number of ether oxygens (including phenoxy) is 2. The van der Waals surface area contributed by atoms with Gasteiger partial charge in [-0.1, -0.05) is 270 Å². The van der Waals surface area contributed by atoms with E-state index in [1.54, 1.807) is 0 Å². The van der Waals surface area contributed by atoms with Crippen molar-refractivity contribution in [3.8, 4) is 0 Å². The summed E-state index contributed by atoms with van der Waals surface area (Å²) in [5, 5.41) is 0. The number of phosphoric ester groups is 1.